The molecule has 3 heterocycles. The van der Waals surface area contributed by atoms with E-state index in [0.717, 1.165) is 35.4 Å². The van der Waals surface area contributed by atoms with E-state index in [9.17, 15) is 4.79 Å². The monoisotopic (exact) mass is 504 g/mol. The van der Waals surface area contributed by atoms with Crippen LogP contribution < -0.4 is 4.90 Å². The Kier molecular flexibility index (Phi) is 7.62. The van der Waals surface area contributed by atoms with Gasteiger partial charge in [0.15, 0.2) is 16.6 Å². The first-order chi connectivity index (χ1) is 15.7. The third-order valence-electron chi connectivity index (χ3n) is 5.35. The largest absolute Gasteiger partial charge is 0.379 e. The number of fused-ring (bicyclic) bond motifs is 1. The molecule has 7 nitrogen and oxygen atoms in total. The first-order valence-corrected chi connectivity index (χ1v) is 11.6. The van der Waals surface area contributed by atoms with Gasteiger partial charge in [0.1, 0.15) is 0 Å². The molecule has 0 spiro atoms. The zero-order chi connectivity index (χ0) is 21.9. The van der Waals surface area contributed by atoms with Crippen LogP contribution in [0.2, 0.25) is 5.02 Å². The van der Waals surface area contributed by atoms with Crippen LogP contribution in [0.5, 0.6) is 0 Å². The van der Waals surface area contributed by atoms with E-state index < -0.39 is 0 Å². The highest BCUT2D eigenvalue weighted by molar-refractivity contribution is 7.22. The fraction of sp³-hybridized carbons (Fsp3) is 0.261. The van der Waals surface area contributed by atoms with E-state index >= 15 is 0 Å². The second-order valence-corrected chi connectivity index (χ2v) is 8.91. The molecule has 0 radical (unpaired) electrons. The number of thiazole rings is 1. The average molecular weight is 505 g/mol. The molecule has 1 fully saturated rings. The molecule has 10 heteroatoms. The summed E-state index contributed by atoms with van der Waals surface area (Å²) < 4.78 is 11.8. The van der Waals surface area contributed by atoms with Crippen LogP contribution in [0.3, 0.4) is 0 Å². The second kappa shape index (κ2) is 10.6. The van der Waals surface area contributed by atoms with Crippen molar-refractivity contribution in [2.75, 3.05) is 44.3 Å². The van der Waals surface area contributed by atoms with Gasteiger partial charge in [-0.25, -0.2) is 4.98 Å². The summed E-state index contributed by atoms with van der Waals surface area (Å²) >= 11 is 7.59. The third-order valence-corrected chi connectivity index (χ3v) is 6.62. The number of hydrogen-bond donors (Lipinski definition) is 0. The third kappa shape index (κ3) is 5.37. The molecule has 172 valence electrons. The molecule has 4 aromatic rings. The molecule has 0 atom stereocenters. The number of hydrogen-bond acceptors (Lipinski definition) is 7. The molecule has 33 heavy (non-hydrogen) atoms. The summed E-state index contributed by atoms with van der Waals surface area (Å²) in [5.74, 6) is 0.313. The summed E-state index contributed by atoms with van der Waals surface area (Å²) in [4.78, 5) is 22.2. The minimum Gasteiger partial charge on any atom is -0.379 e. The van der Waals surface area contributed by atoms with E-state index in [1.807, 2.05) is 42.5 Å². The minimum atomic E-state index is -0.241. The van der Waals surface area contributed by atoms with Gasteiger partial charge in [0.25, 0.3) is 5.91 Å². The van der Waals surface area contributed by atoms with Crippen molar-refractivity contribution in [3.63, 3.8) is 0 Å². The number of amides is 1. The van der Waals surface area contributed by atoms with Gasteiger partial charge in [-0.15, -0.1) is 12.4 Å². The molecule has 2 aromatic heterocycles. The first-order valence-electron chi connectivity index (χ1n) is 10.4. The summed E-state index contributed by atoms with van der Waals surface area (Å²) in [6.07, 6.45) is 0. The molecule has 0 N–H and O–H groups in total. The number of halogens is 2. The van der Waals surface area contributed by atoms with Crippen LogP contribution in [-0.4, -0.2) is 60.3 Å². The molecule has 1 aliphatic heterocycles. The predicted molar refractivity (Wildman–Crippen MR) is 133 cm³/mol. The normalized spacial score (nSPS) is 14.2. The molecule has 1 aliphatic rings. The van der Waals surface area contributed by atoms with Crippen molar-refractivity contribution in [3.8, 4) is 11.3 Å². The van der Waals surface area contributed by atoms with Gasteiger partial charge in [0.2, 0.25) is 0 Å². The van der Waals surface area contributed by atoms with Crippen molar-refractivity contribution in [2.24, 2.45) is 0 Å². The van der Waals surface area contributed by atoms with Gasteiger partial charge >= 0.3 is 0 Å². The SMILES string of the molecule is Cl.O=C(c1cc(-c2ccccc2)on1)N(CCN1CCOCC1)c1nc2ccc(Cl)cc2s1. The van der Waals surface area contributed by atoms with Crippen molar-refractivity contribution in [1.29, 1.82) is 0 Å². The topological polar surface area (TPSA) is 71.7 Å². The highest BCUT2D eigenvalue weighted by Crippen LogP contribution is 2.32. The Morgan fingerprint density at radius 2 is 1.91 bits per heavy atom. The Balaban J connectivity index is 0.00000259. The number of aromatic nitrogens is 2. The number of rotatable bonds is 6. The molecular formula is C23H22Cl2N4O3S. The van der Waals surface area contributed by atoms with E-state index in [4.69, 9.17) is 25.8 Å². The number of carbonyl (C=O) groups is 1. The molecule has 5 rings (SSSR count). The molecule has 0 unspecified atom stereocenters. The van der Waals surface area contributed by atoms with Crippen LogP contribution in [0.1, 0.15) is 10.5 Å². The number of carbonyl (C=O) groups excluding carboxylic acids is 1. The summed E-state index contributed by atoms with van der Waals surface area (Å²) in [5.41, 5.74) is 1.93. The van der Waals surface area contributed by atoms with Gasteiger partial charge in [0, 0.05) is 42.8 Å². The molecular weight excluding hydrogens is 483 g/mol. The van der Waals surface area contributed by atoms with Crippen molar-refractivity contribution in [3.05, 3.63) is 65.3 Å². The van der Waals surface area contributed by atoms with Gasteiger partial charge in [-0.1, -0.05) is 58.4 Å². The van der Waals surface area contributed by atoms with Crippen LogP contribution >= 0.6 is 35.3 Å². The smallest absolute Gasteiger partial charge is 0.282 e. The van der Waals surface area contributed by atoms with E-state index in [1.54, 1.807) is 17.0 Å². The molecule has 1 saturated heterocycles. The number of benzene rings is 2. The van der Waals surface area contributed by atoms with Crippen LogP contribution in [0, 0.1) is 0 Å². The van der Waals surface area contributed by atoms with Gasteiger partial charge < -0.3 is 9.26 Å². The zero-order valence-corrected chi connectivity index (χ0v) is 20.0. The Bertz CT molecular complexity index is 1220. The minimum absolute atomic E-state index is 0. The number of ether oxygens (including phenoxy) is 1. The summed E-state index contributed by atoms with van der Waals surface area (Å²) in [5, 5.41) is 5.31. The van der Waals surface area contributed by atoms with Gasteiger partial charge in [-0.05, 0) is 18.2 Å². The molecule has 1 amide bonds. The average Bonchev–Trinajstić information content (AvgIpc) is 3.48. The standard InChI is InChI=1S/C23H21ClN4O3S.ClH/c24-17-6-7-18-21(14-17)32-23(25-18)28(9-8-27-10-12-30-13-11-27)22(29)19-15-20(31-26-19)16-4-2-1-3-5-16;/h1-7,14-15H,8-13H2;1H. The van der Waals surface area contributed by atoms with E-state index in [1.165, 1.54) is 11.3 Å². The Hall–Kier alpha value is -2.49. The molecule has 2 aromatic carbocycles. The fourth-order valence-corrected chi connectivity index (χ4v) is 4.87. The van der Waals surface area contributed by atoms with Crippen LogP contribution in [0.25, 0.3) is 21.5 Å². The number of morpholine rings is 1. The second-order valence-electron chi connectivity index (χ2n) is 7.46. The van der Waals surface area contributed by atoms with Gasteiger partial charge in [-0.3, -0.25) is 14.6 Å². The summed E-state index contributed by atoms with van der Waals surface area (Å²) in [6.45, 7) is 4.31. The first kappa shape index (κ1) is 23.7. The lowest BCUT2D eigenvalue weighted by molar-refractivity contribution is 0.0391. The van der Waals surface area contributed by atoms with Gasteiger partial charge in [-0.2, -0.15) is 0 Å². The molecule has 0 saturated carbocycles. The predicted octanol–water partition coefficient (Wildman–Crippen LogP) is 5.01. The lowest BCUT2D eigenvalue weighted by atomic mass is 10.1. The summed E-state index contributed by atoms with van der Waals surface area (Å²) in [7, 11) is 0. The van der Waals surface area contributed by atoms with Gasteiger partial charge in [0.05, 0.1) is 23.4 Å². The highest BCUT2D eigenvalue weighted by atomic mass is 35.5. The maximum absolute atomic E-state index is 13.5. The van der Waals surface area contributed by atoms with Crippen molar-refractivity contribution < 1.29 is 14.1 Å². The van der Waals surface area contributed by atoms with E-state index in [-0.39, 0.29) is 24.0 Å². The van der Waals surface area contributed by atoms with Crippen LogP contribution in [0.15, 0.2) is 59.1 Å². The highest BCUT2D eigenvalue weighted by Gasteiger charge is 2.25. The molecule has 0 bridgehead atoms. The number of nitrogens with zero attached hydrogens (tertiary/aromatic N) is 4. The quantitative estimate of drug-likeness (QED) is 0.367. The van der Waals surface area contributed by atoms with Crippen LogP contribution in [-0.2, 0) is 4.74 Å². The van der Waals surface area contributed by atoms with Crippen LogP contribution in [0.4, 0.5) is 5.13 Å². The maximum atomic E-state index is 13.5. The van der Waals surface area contributed by atoms with Crippen molar-refractivity contribution >= 4 is 56.6 Å². The summed E-state index contributed by atoms with van der Waals surface area (Å²) in [6, 6.07) is 16.8. The fourth-order valence-electron chi connectivity index (χ4n) is 3.60. The Morgan fingerprint density at radius 1 is 1.12 bits per heavy atom. The lowest BCUT2D eigenvalue weighted by Crippen LogP contribution is -2.43. The van der Waals surface area contributed by atoms with Crippen molar-refractivity contribution in [2.45, 2.75) is 0 Å². The maximum Gasteiger partial charge on any atom is 0.282 e. The lowest BCUT2D eigenvalue weighted by Gasteiger charge is -2.28. The Morgan fingerprint density at radius 3 is 2.70 bits per heavy atom. The van der Waals surface area contributed by atoms with Crippen molar-refractivity contribution in [1.82, 2.24) is 15.0 Å². The number of anilines is 1. The van der Waals surface area contributed by atoms with E-state index in [2.05, 4.69) is 10.1 Å². The zero-order valence-electron chi connectivity index (χ0n) is 17.6. The Labute approximate surface area is 206 Å². The van der Waals surface area contributed by atoms with E-state index in [0.29, 0.717) is 35.7 Å². The molecule has 0 aliphatic carbocycles.